The van der Waals surface area contributed by atoms with E-state index in [1.165, 1.54) is 5.56 Å². The van der Waals surface area contributed by atoms with E-state index in [-0.39, 0.29) is 5.92 Å². The van der Waals surface area contributed by atoms with Crippen molar-refractivity contribution in [2.75, 3.05) is 6.54 Å². The predicted octanol–water partition coefficient (Wildman–Crippen LogP) is 2.93. The van der Waals surface area contributed by atoms with Gasteiger partial charge in [0, 0.05) is 12.6 Å². The van der Waals surface area contributed by atoms with E-state index in [0.717, 1.165) is 32.2 Å². The molecule has 0 bridgehead atoms. The molecule has 2 N–H and O–H groups in total. The Morgan fingerprint density at radius 2 is 2.11 bits per heavy atom. The molecule has 3 nitrogen and oxygen atoms in total. The molecule has 1 fully saturated rings. The largest absolute Gasteiger partial charge is 0.481 e. The smallest absolute Gasteiger partial charge is 0.306 e. The first-order valence-corrected chi connectivity index (χ1v) is 6.93. The summed E-state index contributed by atoms with van der Waals surface area (Å²) >= 11 is 0. The lowest BCUT2D eigenvalue weighted by molar-refractivity contribution is -0.143. The van der Waals surface area contributed by atoms with Gasteiger partial charge in [-0.25, -0.2) is 0 Å². The Morgan fingerprint density at radius 1 is 1.32 bits per heavy atom. The van der Waals surface area contributed by atoms with Crippen LogP contribution in [0.4, 0.5) is 0 Å². The Bertz CT molecular complexity index is 428. The van der Waals surface area contributed by atoms with Crippen LogP contribution in [-0.4, -0.2) is 23.7 Å². The molecule has 0 radical (unpaired) electrons. The number of aliphatic carboxylic acids is 1. The molecular formula is C16H21NO2. The van der Waals surface area contributed by atoms with Gasteiger partial charge < -0.3 is 10.4 Å². The highest BCUT2D eigenvalue weighted by Gasteiger charge is 2.26. The molecule has 2 atom stereocenters. The van der Waals surface area contributed by atoms with E-state index in [1.807, 2.05) is 18.2 Å². The van der Waals surface area contributed by atoms with Crippen molar-refractivity contribution in [2.45, 2.75) is 31.7 Å². The Kier molecular flexibility index (Phi) is 5.16. The number of hydrogen-bond donors (Lipinski definition) is 2. The molecule has 1 aliphatic carbocycles. The van der Waals surface area contributed by atoms with Crippen LogP contribution in [0.1, 0.15) is 31.2 Å². The minimum absolute atomic E-state index is 0.163. The second kappa shape index (κ2) is 7.10. The number of carboxylic acids is 1. The lowest BCUT2D eigenvalue weighted by Gasteiger charge is -2.27. The van der Waals surface area contributed by atoms with Crippen LogP contribution < -0.4 is 5.32 Å². The van der Waals surface area contributed by atoms with Crippen LogP contribution in [-0.2, 0) is 4.79 Å². The number of benzene rings is 1. The summed E-state index contributed by atoms with van der Waals surface area (Å²) in [5, 5.41) is 12.5. The fourth-order valence-corrected chi connectivity index (χ4v) is 2.59. The standard InChI is InChI=1S/C16H21NO2/c18-16(19)14-9-4-10-15(12-14)17-11-5-8-13-6-2-1-3-7-13/h1-3,5-8,14-15,17H,4,9-12H2,(H,18,19). The predicted molar refractivity (Wildman–Crippen MR) is 76.9 cm³/mol. The normalized spacial score (nSPS) is 23.6. The van der Waals surface area contributed by atoms with Gasteiger partial charge in [-0.2, -0.15) is 0 Å². The van der Waals surface area contributed by atoms with Gasteiger partial charge in [0.2, 0.25) is 0 Å². The number of hydrogen-bond acceptors (Lipinski definition) is 2. The van der Waals surface area contributed by atoms with E-state index in [4.69, 9.17) is 5.11 Å². The molecule has 1 aliphatic rings. The van der Waals surface area contributed by atoms with E-state index >= 15 is 0 Å². The zero-order chi connectivity index (χ0) is 13.5. The summed E-state index contributed by atoms with van der Waals surface area (Å²) in [5.74, 6) is -0.810. The third-order valence-corrected chi connectivity index (χ3v) is 3.66. The molecule has 2 rings (SSSR count). The summed E-state index contributed by atoms with van der Waals surface area (Å²) in [6.45, 7) is 0.798. The molecule has 0 spiro atoms. The molecular weight excluding hydrogens is 238 g/mol. The fourth-order valence-electron chi connectivity index (χ4n) is 2.59. The molecule has 1 aromatic rings. The Labute approximate surface area is 114 Å². The molecule has 19 heavy (non-hydrogen) atoms. The van der Waals surface area contributed by atoms with Gasteiger partial charge >= 0.3 is 5.97 Å². The summed E-state index contributed by atoms with van der Waals surface area (Å²) in [5.41, 5.74) is 1.19. The van der Waals surface area contributed by atoms with Gasteiger partial charge in [0.1, 0.15) is 0 Å². The molecule has 102 valence electrons. The second-order valence-corrected chi connectivity index (χ2v) is 5.12. The summed E-state index contributed by atoms with van der Waals surface area (Å²) < 4.78 is 0. The first kappa shape index (κ1) is 13.8. The Morgan fingerprint density at radius 3 is 2.84 bits per heavy atom. The number of nitrogens with one attached hydrogen (secondary N) is 1. The van der Waals surface area contributed by atoms with Crippen molar-refractivity contribution in [3.8, 4) is 0 Å². The third-order valence-electron chi connectivity index (χ3n) is 3.66. The lowest BCUT2D eigenvalue weighted by Crippen LogP contribution is -2.36. The first-order chi connectivity index (χ1) is 9.25. The molecule has 0 aromatic heterocycles. The van der Waals surface area contributed by atoms with Crippen LogP contribution in [0.25, 0.3) is 6.08 Å². The average Bonchev–Trinajstić information content (AvgIpc) is 2.45. The average molecular weight is 259 g/mol. The maximum absolute atomic E-state index is 11.0. The summed E-state index contributed by atoms with van der Waals surface area (Å²) in [7, 11) is 0. The van der Waals surface area contributed by atoms with Gasteiger partial charge in [-0.1, -0.05) is 48.9 Å². The number of rotatable bonds is 5. The van der Waals surface area contributed by atoms with Crippen molar-refractivity contribution < 1.29 is 9.90 Å². The van der Waals surface area contributed by atoms with Gasteiger partial charge in [-0.3, -0.25) is 4.79 Å². The lowest BCUT2D eigenvalue weighted by atomic mass is 9.86. The van der Waals surface area contributed by atoms with Crippen LogP contribution in [0, 0.1) is 5.92 Å². The summed E-state index contributed by atoms with van der Waals surface area (Å²) in [6, 6.07) is 10.5. The van der Waals surface area contributed by atoms with Crippen molar-refractivity contribution in [2.24, 2.45) is 5.92 Å². The Hall–Kier alpha value is -1.61. The Balaban J connectivity index is 1.73. The molecule has 0 saturated heterocycles. The van der Waals surface area contributed by atoms with Crippen LogP contribution in [0.3, 0.4) is 0 Å². The summed E-state index contributed by atoms with van der Waals surface area (Å²) in [6.07, 6.45) is 7.87. The third kappa shape index (κ3) is 4.52. The fraction of sp³-hybridized carbons (Fsp3) is 0.438. The molecule has 0 heterocycles. The monoisotopic (exact) mass is 259 g/mol. The first-order valence-electron chi connectivity index (χ1n) is 6.93. The molecule has 1 saturated carbocycles. The highest BCUT2D eigenvalue weighted by Crippen LogP contribution is 2.24. The van der Waals surface area contributed by atoms with Crippen molar-refractivity contribution in [1.82, 2.24) is 5.32 Å². The van der Waals surface area contributed by atoms with Crippen LogP contribution in [0.5, 0.6) is 0 Å². The molecule has 1 aromatic carbocycles. The van der Waals surface area contributed by atoms with Gasteiger partial charge in [0.05, 0.1) is 5.92 Å². The highest BCUT2D eigenvalue weighted by molar-refractivity contribution is 5.70. The van der Waals surface area contributed by atoms with Crippen molar-refractivity contribution in [3.05, 3.63) is 42.0 Å². The van der Waals surface area contributed by atoms with Gasteiger partial charge in [0.25, 0.3) is 0 Å². The van der Waals surface area contributed by atoms with Crippen LogP contribution in [0.2, 0.25) is 0 Å². The van der Waals surface area contributed by atoms with Crippen LogP contribution >= 0.6 is 0 Å². The molecule has 0 amide bonds. The van der Waals surface area contributed by atoms with Gasteiger partial charge in [-0.05, 0) is 24.8 Å². The van der Waals surface area contributed by atoms with E-state index in [1.54, 1.807) is 0 Å². The van der Waals surface area contributed by atoms with E-state index in [2.05, 4.69) is 29.6 Å². The summed E-state index contributed by atoms with van der Waals surface area (Å²) in [4.78, 5) is 11.0. The van der Waals surface area contributed by atoms with E-state index < -0.39 is 5.97 Å². The van der Waals surface area contributed by atoms with Crippen molar-refractivity contribution in [1.29, 1.82) is 0 Å². The van der Waals surface area contributed by atoms with Gasteiger partial charge in [0.15, 0.2) is 0 Å². The molecule has 2 unspecified atom stereocenters. The zero-order valence-electron chi connectivity index (χ0n) is 11.1. The van der Waals surface area contributed by atoms with Crippen LogP contribution in [0.15, 0.2) is 36.4 Å². The maximum Gasteiger partial charge on any atom is 0.306 e. The SMILES string of the molecule is O=C(O)C1CCCC(NCC=Cc2ccccc2)C1. The van der Waals surface area contributed by atoms with Gasteiger partial charge in [-0.15, -0.1) is 0 Å². The minimum Gasteiger partial charge on any atom is -0.481 e. The van der Waals surface area contributed by atoms with E-state index in [0.29, 0.717) is 6.04 Å². The quantitative estimate of drug-likeness (QED) is 0.854. The topological polar surface area (TPSA) is 49.3 Å². The second-order valence-electron chi connectivity index (χ2n) is 5.12. The highest BCUT2D eigenvalue weighted by atomic mass is 16.4. The zero-order valence-corrected chi connectivity index (χ0v) is 11.1. The van der Waals surface area contributed by atoms with E-state index in [9.17, 15) is 4.79 Å². The number of carboxylic acid groups (broad SMARTS) is 1. The maximum atomic E-state index is 11.0. The minimum atomic E-state index is -0.647. The van der Waals surface area contributed by atoms with Crippen molar-refractivity contribution in [3.63, 3.8) is 0 Å². The van der Waals surface area contributed by atoms with Crippen molar-refractivity contribution >= 4 is 12.0 Å². The number of carbonyl (C=O) groups is 1. The molecule has 3 heteroatoms. The molecule has 0 aliphatic heterocycles.